The summed E-state index contributed by atoms with van der Waals surface area (Å²) >= 11 is 0. The molecule has 0 radical (unpaired) electrons. The minimum absolute atomic E-state index is 0.0842. The first-order valence-electron chi connectivity index (χ1n) is 15.8. The van der Waals surface area contributed by atoms with Gasteiger partial charge in [-0.05, 0) is 52.5 Å². The predicted molar refractivity (Wildman–Crippen MR) is 154 cm³/mol. The van der Waals surface area contributed by atoms with Crippen LogP contribution in [0.1, 0.15) is 65.9 Å². The number of esters is 1. The number of ketones is 1. The molecule has 1 spiro atoms. The van der Waals surface area contributed by atoms with Crippen LogP contribution in [0, 0.1) is 28.1 Å². The van der Waals surface area contributed by atoms with E-state index in [-0.39, 0.29) is 30.6 Å². The Morgan fingerprint density at radius 1 is 1.13 bits per heavy atom. The SMILES string of the molecule is CC(C)(O)[C@@H]1CC(=O)[C@]2(C)[C@H](CC[C@@]3(C)[C@](O[C@@H]4O[C@H](CO)[C@@H](O)[C@H](O)[C@H]4O)(c4ccoc4)OC(=O)[C@H]4O[C@]432)[C@@]1(C)C(O)CC(=O)O. The molecule has 4 heterocycles. The van der Waals surface area contributed by atoms with Crippen LogP contribution in [0.2, 0.25) is 0 Å². The number of Topliss-reactive ketones (excluding diaryl/α,β-unsaturated/α-hetero) is 1. The zero-order valence-electron chi connectivity index (χ0n) is 26.9. The third kappa shape index (κ3) is 4.27. The van der Waals surface area contributed by atoms with Crippen molar-refractivity contribution in [2.75, 3.05) is 6.61 Å². The van der Waals surface area contributed by atoms with Gasteiger partial charge >= 0.3 is 11.9 Å². The number of ether oxygens (including phenoxy) is 4. The molecule has 3 saturated heterocycles. The van der Waals surface area contributed by atoms with E-state index >= 15 is 0 Å². The normalized spacial score (nSPS) is 48.5. The number of fused-ring (bicyclic) bond motifs is 1. The Morgan fingerprint density at radius 3 is 2.38 bits per heavy atom. The third-order valence-electron chi connectivity index (χ3n) is 12.5. The van der Waals surface area contributed by atoms with Gasteiger partial charge in [0.2, 0.25) is 0 Å². The van der Waals surface area contributed by atoms with Gasteiger partial charge < -0.3 is 59.1 Å². The van der Waals surface area contributed by atoms with E-state index in [1.54, 1.807) is 20.8 Å². The van der Waals surface area contributed by atoms with Crippen molar-refractivity contribution in [2.45, 2.75) is 120 Å². The molecule has 1 aromatic rings. The zero-order chi connectivity index (χ0) is 34.7. The Bertz CT molecular complexity index is 1420. The van der Waals surface area contributed by atoms with Crippen molar-refractivity contribution in [2.24, 2.45) is 28.1 Å². The first kappa shape index (κ1) is 34.4. The number of hydrogen-bond acceptors (Lipinski definition) is 14. The molecule has 0 bridgehead atoms. The fourth-order valence-electron chi connectivity index (χ4n) is 10.1. The van der Waals surface area contributed by atoms with Crippen molar-refractivity contribution in [1.82, 2.24) is 0 Å². The van der Waals surface area contributed by atoms with Crippen molar-refractivity contribution < 1.29 is 73.5 Å². The van der Waals surface area contributed by atoms with Crippen LogP contribution in [0.15, 0.2) is 23.0 Å². The zero-order valence-corrected chi connectivity index (χ0v) is 26.9. The standard InChI is InChI=1S/C32H44O15/c1-27(2,42)17-10-19(35)30(5)16(29(17,4)18(34)11-20(36)37)6-8-28(3)31(30)24(45-31)25(41)46-32(28,14-7-9-43-13-14)47-26-23(40)22(39)21(38)15(12-33)44-26/h7,9,13,15-18,21-24,26,33-34,38-40,42H,6,8,10-12H2,1-5H3,(H,36,37)/t15-,16-,17+,18?,21-,22+,23-,24-,26+,28-,29-,30+,31-,32-/m1/s1. The van der Waals surface area contributed by atoms with Gasteiger partial charge in [0.15, 0.2) is 12.4 Å². The lowest BCUT2D eigenvalue weighted by molar-refractivity contribution is -0.410. The molecular weight excluding hydrogens is 624 g/mol. The van der Waals surface area contributed by atoms with Crippen molar-refractivity contribution in [1.29, 1.82) is 0 Å². The van der Waals surface area contributed by atoms with E-state index in [1.165, 1.54) is 32.4 Å². The highest BCUT2D eigenvalue weighted by Gasteiger charge is 2.92. The molecule has 262 valence electrons. The van der Waals surface area contributed by atoms with E-state index in [2.05, 4.69) is 0 Å². The first-order valence-corrected chi connectivity index (χ1v) is 15.8. The minimum atomic E-state index is -2.20. The maximum Gasteiger partial charge on any atom is 0.341 e. The summed E-state index contributed by atoms with van der Waals surface area (Å²) in [4.78, 5) is 40.4. The van der Waals surface area contributed by atoms with Gasteiger partial charge in [0.25, 0.3) is 5.79 Å². The minimum Gasteiger partial charge on any atom is -0.481 e. The number of rotatable bonds is 8. The molecule has 7 N–H and O–H groups in total. The van der Waals surface area contributed by atoms with Crippen LogP contribution in [0.3, 0.4) is 0 Å². The lowest BCUT2D eigenvalue weighted by atomic mass is 9.36. The van der Waals surface area contributed by atoms with E-state index in [1.807, 2.05) is 0 Å². The lowest BCUT2D eigenvalue weighted by Gasteiger charge is -2.67. The second kappa shape index (κ2) is 10.8. The van der Waals surface area contributed by atoms with Gasteiger partial charge in [0.1, 0.15) is 42.1 Å². The molecule has 15 heteroatoms. The van der Waals surface area contributed by atoms with Crippen LogP contribution in [-0.2, 0) is 39.1 Å². The van der Waals surface area contributed by atoms with Crippen molar-refractivity contribution >= 4 is 17.7 Å². The number of carboxylic acid groups (broad SMARTS) is 1. The molecular formula is C32H44O15. The smallest absolute Gasteiger partial charge is 0.341 e. The van der Waals surface area contributed by atoms with Crippen molar-refractivity contribution in [3.05, 3.63) is 24.2 Å². The number of aliphatic hydroxyl groups is 6. The molecule has 5 aliphatic rings. The molecule has 47 heavy (non-hydrogen) atoms. The molecule has 6 rings (SSSR count). The highest BCUT2D eigenvalue weighted by Crippen LogP contribution is 2.79. The van der Waals surface area contributed by atoms with E-state index in [0.29, 0.717) is 0 Å². The Kier molecular flexibility index (Phi) is 7.88. The second-order valence-corrected chi connectivity index (χ2v) is 15.0. The summed E-state index contributed by atoms with van der Waals surface area (Å²) in [6.07, 6.45) is -9.43. The van der Waals surface area contributed by atoms with Crippen LogP contribution >= 0.6 is 0 Å². The summed E-state index contributed by atoms with van der Waals surface area (Å²) in [7, 11) is 0. The number of hydrogen-bond donors (Lipinski definition) is 7. The van der Waals surface area contributed by atoms with Crippen LogP contribution in [0.5, 0.6) is 0 Å². The molecule has 3 aliphatic heterocycles. The van der Waals surface area contributed by atoms with Gasteiger partial charge in [0.05, 0.1) is 47.4 Å². The Labute approximate surface area is 270 Å². The highest BCUT2D eigenvalue weighted by molar-refractivity contribution is 5.93. The fraction of sp³-hybridized carbons (Fsp3) is 0.781. The topological polar surface area (TPSA) is 246 Å². The largest absolute Gasteiger partial charge is 0.481 e. The number of epoxide rings is 1. The number of carbonyl (C=O) groups is 3. The average molecular weight is 669 g/mol. The van der Waals surface area contributed by atoms with E-state index in [4.69, 9.17) is 23.4 Å². The predicted octanol–water partition coefficient (Wildman–Crippen LogP) is -0.432. The molecule has 14 atom stereocenters. The van der Waals surface area contributed by atoms with E-state index < -0.39 is 113 Å². The number of furan rings is 1. The number of cyclic esters (lactones) is 1. The van der Waals surface area contributed by atoms with Gasteiger partial charge in [-0.15, -0.1) is 0 Å². The number of aliphatic carboxylic acids is 1. The summed E-state index contributed by atoms with van der Waals surface area (Å²) < 4.78 is 29.9. The van der Waals surface area contributed by atoms with Crippen LogP contribution in [0.4, 0.5) is 0 Å². The second-order valence-electron chi connectivity index (χ2n) is 15.0. The van der Waals surface area contributed by atoms with Crippen molar-refractivity contribution in [3.8, 4) is 0 Å². The Morgan fingerprint density at radius 2 is 1.81 bits per heavy atom. The molecule has 2 aliphatic carbocycles. The van der Waals surface area contributed by atoms with Gasteiger partial charge in [-0.2, -0.15) is 0 Å². The Hall–Kier alpha value is -2.47. The Balaban J connectivity index is 1.52. The fourth-order valence-corrected chi connectivity index (χ4v) is 10.1. The lowest BCUT2D eigenvalue weighted by Crippen LogP contribution is -2.76. The van der Waals surface area contributed by atoms with Gasteiger partial charge in [-0.1, -0.05) is 6.92 Å². The molecule has 2 saturated carbocycles. The van der Waals surface area contributed by atoms with Gasteiger partial charge in [0, 0.05) is 17.8 Å². The average Bonchev–Trinajstić information content (AvgIpc) is 3.54. The molecule has 0 amide bonds. The van der Waals surface area contributed by atoms with Crippen molar-refractivity contribution in [3.63, 3.8) is 0 Å². The van der Waals surface area contributed by atoms with Gasteiger partial charge in [-0.25, -0.2) is 4.79 Å². The summed E-state index contributed by atoms with van der Waals surface area (Å²) in [6.45, 7) is 7.27. The molecule has 0 aromatic carbocycles. The quantitative estimate of drug-likeness (QED) is 0.137. The summed E-state index contributed by atoms with van der Waals surface area (Å²) in [5, 5.41) is 74.4. The van der Waals surface area contributed by atoms with Crippen LogP contribution in [0.25, 0.3) is 0 Å². The number of carbonyl (C=O) groups excluding carboxylic acids is 2. The van der Waals surface area contributed by atoms with E-state index in [9.17, 15) is 50.1 Å². The maximum atomic E-state index is 14.6. The first-order chi connectivity index (χ1) is 21.8. The summed E-state index contributed by atoms with van der Waals surface area (Å²) in [5.74, 6) is -6.42. The molecule has 5 fully saturated rings. The third-order valence-corrected chi connectivity index (χ3v) is 12.5. The van der Waals surface area contributed by atoms with Gasteiger partial charge in [-0.3, -0.25) is 9.59 Å². The maximum absolute atomic E-state index is 14.6. The van der Waals surface area contributed by atoms with Crippen LogP contribution in [-0.4, -0.2) is 114 Å². The number of carboxylic acids is 1. The number of aliphatic hydroxyl groups excluding tert-OH is 5. The molecule has 15 nitrogen and oxygen atoms in total. The monoisotopic (exact) mass is 668 g/mol. The highest BCUT2D eigenvalue weighted by atomic mass is 16.8. The van der Waals surface area contributed by atoms with E-state index in [0.717, 1.165) is 0 Å². The molecule has 1 aromatic heterocycles. The summed E-state index contributed by atoms with van der Waals surface area (Å²) in [6, 6.07) is 1.46. The summed E-state index contributed by atoms with van der Waals surface area (Å²) in [5.41, 5.74) is -7.44. The molecule has 1 unspecified atom stereocenters. The van der Waals surface area contributed by atoms with Crippen LogP contribution < -0.4 is 0 Å².